The predicted molar refractivity (Wildman–Crippen MR) is 127 cm³/mol. The van der Waals surface area contributed by atoms with Gasteiger partial charge in [-0.1, -0.05) is 12.1 Å². The second-order valence-electron chi connectivity index (χ2n) is 8.71. The van der Waals surface area contributed by atoms with Gasteiger partial charge in [0.1, 0.15) is 23.9 Å². The average molecular weight is 527 g/mol. The molecule has 176 valence electrons. The Labute approximate surface area is 205 Å². The number of hydrogen-bond donors (Lipinski definition) is 0. The SMILES string of the molecule is COc1cc(C2C3=C(CCCC3=O)OC3=C2C(=O)CCC3)cc(Br)c1OCc1ccc(F)cc1. The second kappa shape index (κ2) is 9.37. The molecule has 1 heterocycles. The molecule has 2 aromatic rings. The molecule has 0 fully saturated rings. The van der Waals surface area contributed by atoms with E-state index in [2.05, 4.69) is 15.9 Å². The molecule has 0 radical (unpaired) electrons. The Kier molecular flexibility index (Phi) is 6.30. The van der Waals surface area contributed by atoms with Crippen LogP contribution in [0.4, 0.5) is 4.39 Å². The van der Waals surface area contributed by atoms with Crippen LogP contribution in [-0.4, -0.2) is 18.7 Å². The van der Waals surface area contributed by atoms with E-state index in [0.29, 0.717) is 64.3 Å². The molecule has 34 heavy (non-hydrogen) atoms. The highest BCUT2D eigenvalue weighted by Gasteiger charge is 2.42. The van der Waals surface area contributed by atoms with Crippen LogP contribution in [0.3, 0.4) is 0 Å². The van der Waals surface area contributed by atoms with Gasteiger partial charge >= 0.3 is 0 Å². The summed E-state index contributed by atoms with van der Waals surface area (Å²) < 4.78 is 31.6. The monoisotopic (exact) mass is 526 g/mol. The second-order valence-corrected chi connectivity index (χ2v) is 9.57. The molecule has 0 saturated carbocycles. The molecule has 1 aliphatic heterocycles. The number of benzene rings is 2. The standard InChI is InChI=1S/C27H24BrFO5/c1-32-23-13-16(12-18(28)27(23)33-14-15-8-10-17(29)11-9-15)24-25-19(30)4-2-6-21(25)34-22-7-3-5-20(31)26(22)24/h8-13,24H,2-7,14H2,1H3. The maximum Gasteiger partial charge on any atom is 0.175 e. The van der Waals surface area contributed by atoms with Crippen molar-refractivity contribution in [3.05, 3.63) is 80.5 Å². The Morgan fingerprint density at radius 3 is 2.18 bits per heavy atom. The van der Waals surface area contributed by atoms with Crippen LogP contribution >= 0.6 is 15.9 Å². The molecule has 2 aromatic carbocycles. The molecular weight excluding hydrogens is 503 g/mol. The number of ketones is 2. The van der Waals surface area contributed by atoms with Gasteiger partial charge in [-0.05, 0) is 64.2 Å². The van der Waals surface area contributed by atoms with Crippen molar-refractivity contribution in [3.8, 4) is 11.5 Å². The zero-order chi connectivity index (χ0) is 23.8. The molecule has 0 N–H and O–H groups in total. The van der Waals surface area contributed by atoms with Crippen molar-refractivity contribution >= 4 is 27.5 Å². The highest BCUT2D eigenvalue weighted by atomic mass is 79.9. The predicted octanol–water partition coefficient (Wildman–Crippen LogP) is 6.30. The lowest BCUT2D eigenvalue weighted by atomic mass is 9.73. The average Bonchev–Trinajstić information content (AvgIpc) is 2.83. The van der Waals surface area contributed by atoms with Crippen molar-refractivity contribution in [1.82, 2.24) is 0 Å². The minimum Gasteiger partial charge on any atom is -0.493 e. The van der Waals surface area contributed by atoms with Gasteiger partial charge in [-0.2, -0.15) is 0 Å². The van der Waals surface area contributed by atoms with E-state index in [4.69, 9.17) is 14.2 Å². The van der Waals surface area contributed by atoms with Crippen LogP contribution in [0, 0.1) is 5.82 Å². The Hall–Kier alpha value is -2.93. The fourth-order valence-corrected chi connectivity index (χ4v) is 5.51. The Balaban J connectivity index is 1.55. The summed E-state index contributed by atoms with van der Waals surface area (Å²) in [6, 6.07) is 9.82. The number of rotatable bonds is 5. The number of carbonyl (C=O) groups excluding carboxylic acids is 2. The molecular formula is C27H24BrFO5. The maximum atomic E-state index is 13.2. The lowest BCUT2D eigenvalue weighted by Gasteiger charge is -2.36. The summed E-state index contributed by atoms with van der Waals surface area (Å²) >= 11 is 3.60. The molecule has 3 aliphatic rings. The van der Waals surface area contributed by atoms with E-state index in [9.17, 15) is 14.0 Å². The van der Waals surface area contributed by atoms with Gasteiger partial charge in [-0.15, -0.1) is 0 Å². The van der Waals surface area contributed by atoms with Gasteiger partial charge < -0.3 is 14.2 Å². The highest BCUT2D eigenvalue weighted by molar-refractivity contribution is 9.10. The largest absolute Gasteiger partial charge is 0.493 e. The fraction of sp³-hybridized carbons (Fsp3) is 0.333. The van der Waals surface area contributed by atoms with Gasteiger partial charge in [0, 0.05) is 42.7 Å². The van der Waals surface area contributed by atoms with Crippen LogP contribution < -0.4 is 9.47 Å². The zero-order valence-corrected chi connectivity index (χ0v) is 20.4. The zero-order valence-electron chi connectivity index (χ0n) is 18.8. The first-order valence-electron chi connectivity index (χ1n) is 11.4. The van der Waals surface area contributed by atoms with Crippen molar-refractivity contribution in [2.45, 2.75) is 51.0 Å². The molecule has 0 spiro atoms. The van der Waals surface area contributed by atoms with Crippen LogP contribution in [0.1, 0.15) is 55.6 Å². The Morgan fingerprint density at radius 1 is 0.971 bits per heavy atom. The number of halogens is 2. The third-order valence-electron chi connectivity index (χ3n) is 6.52. The van der Waals surface area contributed by atoms with E-state index in [1.54, 1.807) is 19.2 Å². The van der Waals surface area contributed by atoms with E-state index < -0.39 is 5.92 Å². The summed E-state index contributed by atoms with van der Waals surface area (Å²) in [5.74, 6) is 1.65. The number of ether oxygens (including phenoxy) is 3. The lowest BCUT2D eigenvalue weighted by molar-refractivity contribution is -0.117. The van der Waals surface area contributed by atoms with Gasteiger partial charge in [0.05, 0.1) is 11.6 Å². The minimum atomic E-state index is -0.476. The highest BCUT2D eigenvalue weighted by Crippen LogP contribution is 2.50. The number of hydrogen-bond acceptors (Lipinski definition) is 5. The molecule has 0 atom stereocenters. The van der Waals surface area contributed by atoms with Crippen LogP contribution in [0.25, 0.3) is 0 Å². The van der Waals surface area contributed by atoms with Gasteiger partial charge in [0.25, 0.3) is 0 Å². The van der Waals surface area contributed by atoms with E-state index in [1.165, 1.54) is 12.1 Å². The van der Waals surface area contributed by atoms with Gasteiger partial charge in [-0.3, -0.25) is 9.59 Å². The summed E-state index contributed by atoms with van der Waals surface area (Å²) in [5.41, 5.74) is 2.78. The van der Waals surface area contributed by atoms with Crippen LogP contribution in [0.2, 0.25) is 0 Å². The van der Waals surface area contributed by atoms with Gasteiger partial charge in [-0.25, -0.2) is 4.39 Å². The summed E-state index contributed by atoms with van der Waals surface area (Å²) in [6.45, 7) is 0.230. The topological polar surface area (TPSA) is 61.8 Å². The van der Waals surface area contributed by atoms with E-state index in [1.807, 2.05) is 12.1 Å². The van der Waals surface area contributed by atoms with E-state index in [-0.39, 0.29) is 24.0 Å². The van der Waals surface area contributed by atoms with Crippen molar-refractivity contribution in [3.63, 3.8) is 0 Å². The summed E-state index contributed by atoms with van der Waals surface area (Å²) in [5, 5.41) is 0. The molecule has 2 aliphatic carbocycles. The van der Waals surface area contributed by atoms with Crippen molar-refractivity contribution < 1.29 is 28.2 Å². The molecule has 0 bridgehead atoms. The van der Waals surface area contributed by atoms with Gasteiger partial charge in [0.2, 0.25) is 0 Å². The number of methoxy groups -OCH3 is 1. The first-order valence-corrected chi connectivity index (χ1v) is 12.2. The summed E-state index contributed by atoms with van der Waals surface area (Å²) in [7, 11) is 1.55. The quantitative estimate of drug-likeness (QED) is 0.457. The molecule has 7 heteroatoms. The number of carbonyl (C=O) groups is 2. The van der Waals surface area contributed by atoms with E-state index >= 15 is 0 Å². The first kappa shape index (κ1) is 22.8. The Morgan fingerprint density at radius 2 is 1.59 bits per heavy atom. The van der Waals surface area contributed by atoms with E-state index in [0.717, 1.165) is 24.0 Å². The van der Waals surface area contributed by atoms with Crippen LogP contribution in [-0.2, 0) is 20.9 Å². The third kappa shape index (κ3) is 4.17. The number of Topliss-reactive ketones (excluding diaryl/α,β-unsaturated/α-hetero) is 2. The normalized spacial score (nSPS) is 18.4. The van der Waals surface area contributed by atoms with Gasteiger partial charge in [0.15, 0.2) is 23.1 Å². The molecule has 5 rings (SSSR count). The Bertz CT molecular complexity index is 1190. The molecule has 0 saturated heterocycles. The third-order valence-corrected chi connectivity index (χ3v) is 7.11. The van der Waals surface area contributed by atoms with Crippen molar-refractivity contribution in [2.24, 2.45) is 0 Å². The molecule has 0 aromatic heterocycles. The maximum absolute atomic E-state index is 13.2. The minimum absolute atomic E-state index is 0.0305. The van der Waals surface area contributed by atoms with Crippen molar-refractivity contribution in [1.29, 1.82) is 0 Å². The van der Waals surface area contributed by atoms with Crippen LogP contribution in [0.5, 0.6) is 11.5 Å². The van der Waals surface area contributed by atoms with Crippen molar-refractivity contribution in [2.75, 3.05) is 7.11 Å². The first-order chi connectivity index (χ1) is 16.5. The molecule has 0 amide bonds. The lowest BCUT2D eigenvalue weighted by Crippen LogP contribution is -2.30. The summed E-state index contributed by atoms with van der Waals surface area (Å²) in [6.07, 6.45) is 3.80. The summed E-state index contributed by atoms with van der Waals surface area (Å²) in [4.78, 5) is 26.0. The molecule has 0 unspecified atom stereocenters. The smallest absolute Gasteiger partial charge is 0.175 e. The fourth-order valence-electron chi connectivity index (χ4n) is 4.93. The number of allylic oxidation sites excluding steroid dienone is 4. The molecule has 5 nitrogen and oxygen atoms in total. The van der Waals surface area contributed by atoms with Crippen LogP contribution in [0.15, 0.2) is 63.5 Å².